The lowest BCUT2D eigenvalue weighted by Gasteiger charge is -2.31. The molecule has 23 heavy (non-hydrogen) atoms. The van der Waals surface area contributed by atoms with Gasteiger partial charge in [-0.3, -0.25) is 0 Å². The number of hydrogen-bond acceptors (Lipinski definition) is 3. The maximum atomic E-state index is 8.00. The molecule has 0 aromatic heterocycles. The molecule has 3 rings (SSSR count). The molecule has 2 unspecified atom stereocenters. The van der Waals surface area contributed by atoms with Crippen LogP contribution in [-0.2, 0) is 9.53 Å². The van der Waals surface area contributed by atoms with Gasteiger partial charge in [-0.25, -0.2) is 0 Å². The van der Waals surface area contributed by atoms with E-state index in [2.05, 4.69) is 37.3 Å². The zero-order chi connectivity index (χ0) is 16.5. The first-order valence-electron chi connectivity index (χ1n) is 8.02. The molecule has 3 nitrogen and oxygen atoms in total. The van der Waals surface area contributed by atoms with Gasteiger partial charge in [0.25, 0.3) is 0 Å². The summed E-state index contributed by atoms with van der Waals surface area (Å²) >= 11 is 0. The molecule has 1 saturated heterocycles. The first kappa shape index (κ1) is 17.2. The van der Waals surface area contributed by atoms with Gasteiger partial charge in [-0.05, 0) is 43.4 Å². The zero-order valence-electron chi connectivity index (χ0n) is 13.6. The van der Waals surface area contributed by atoms with E-state index in [1.165, 1.54) is 12.0 Å². The SMILES string of the molecule is C=O.Cc1ccccc1OC(c1ccccc1)C1CCCCO1. The largest absolute Gasteiger partial charge is 0.483 e. The molecule has 0 N–H and O–H groups in total. The van der Waals surface area contributed by atoms with Crippen molar-refractivity contribution in [1.82, 2.24) is 0 Å². The van der Waals surface area contributed by atoms with Crippen LogP contribution in [0.3, 0.4) is 0 Å². The predicted molar refractivity (Wildman–Crippen MR) is 91.7 cm³/mol. The van der Waals surface area contributed by atoms with Crippen molar-refractivity contribution in [2.45, 2.75) is 38.4 Å². The van der Waals surface area contributed by atoms with Crippen molar-refractivity contribution >= 4 is 6.79 Å². The second-order valence-electron chi connectivity index (χ2n) is 5.62. The average Bonchev–Trinajstić information content (AvgIpc) is 2.64. The van der Waals surface area contributed by atoms with Crippen LogP contribution in [0.25, 0.3) is 0 Å². The zero-order valence-corrected chi connectivity index (χ0v) is 13.6. The van der Waals surface area contributed by atoms with Crippen LogP contribution in [0.5, 0.6) is 5.75 Å². The summed E-state index contributed by atoms with van der Waals surface area (Å²) in [5, 5.41) is 0. The normalized spacial score (nSPS) is 18.4. The van der Waals surface area contributed by atoms with Gasteiger partial charge < -0.3 is 14.3 Å². The number of hydrogen-bond donors (Lipinski definition) is 0. The van der Waals surface area contributed by atoms with E-state index >= 15 is 0 Å². The van der Waals surface area contributed by atoms with Crippen LogP contribution in [-0.4, -0.2) is 19.5 Å². The molecule has 1 aliphatic heterocycles. The Morgan fingerprint density at radius 3 is 2.39 bits per heavy atom. The highest BCUT2D eigenvalue weighted by atomic mass is 16.5. The highest BCUT2D eigenvalue weighted by Crippen LogP contribution is 2.32. The molecule has 3 heteroatoms. The number of carbonyl (C=O) groups excluding carboxylic acids is 1. The lowest BCUT2D eigenvalue weighted by Crippen LogP contribution is -2.30. The minimum Gasteiger partial charge on any atom is -0.483 e. The third-order valence-corrected chi connectivity index (χ3v) is 4.03. The summed E-state index contributed by atoms with van der Waals surface area (Å²) in [6.45, 7) is 4.92. The van der Waals surface area contributed by atoms with Crippen LogP contribution in [0, 0.1) is 6.92 Å². The second kappa shape index (κ2) is 9.11. The number of para-hydroxylation sites is 1. The number of benzene rings is 2. The topological polar surface area (TPSA) is 35.5 Å². The summed E-state index contributed by atoms with van der Waals surface area (Å²) in [7, 11) is 0. The molecule has 0 bridgehead atoms. The van der Waals surface area contributed by atoms with Crippen LogP contribution in [0.15, 0.2) is 54.6 Å². The Kier molecular flexibility index (Phi) is 6.82. The van der Waals surface area contributed by atoms with Gasteiger partial charge in [-0.15, -0.1) is 0 Å². The van der Waals surface area contributed by atoms with Crippen molar-refractivity contribution in [3.8, 4) is 5.75 Å². The van der Waals surface area contributed by atoms with Crippen LogP contribution in [0.1, 0.15) is 36.5 Å². The van der Waals surface area contributed by atoms with Gasteiger partial charge in [-0.2, -0.15) is 0 Å². The molecule has 1 heterocycles. The molecule has 1 fully saturated rings. The summed E-state index contributed by atoms with van der Waals surface area (Å²) in [5.41, 5.74) is 2.35. The Balaban J connectivity index is 0.000000924. The molecule has 2 atom stereocenters. The Labute approximate surface area is 138 Å². The Morgan fingerprint density at radius 1 is 1.04 bits per heavy atom. The highest BCUT2D eigenvalue weighted by molar-refractivity contribution is 5.33. The molecule has 0 amide bonds. The molecule has 2 aromatic carbocycles. The number of carbonyl (C=O) groups is 1. The van der Waals surface area contributed by atoms with E-state index in [0.29, 0.717) is 0 Å². The van der Waals surface area contributed by atoms with Crippen molar-refractivity contribution in [1.29, 1.82) is 0 Å². The van der Waals surface area contributed by atoms with E-state index in [1.807, 2.05) is 31.1 Å². The lowest BCUT2D eigenvalue weighted by molar-refractivity contribution is -0.0979. The predicted octanol–water partition coefficient (Wildman–Crippen LogP) is 4.50. The first-order chi connectivity index (χ1) is 11.3. The number of aryl methyl sites for hydroxylation is 1. The van der Waals surface area contributed by atoms with E-state index in [-0.39, 0.29) is 12.2 Å². The third-order valence-electron chi connectivity index (χ3n) is 4.03. The van der Waals surface area contributed by atoms with Crippen molar-refractivity contribution in [2.75, 3.05) is 6.61 Å². The maximum absolute atomic E-state index is 8.00. The number of rotatable bonds is 4. The van der Waals surface area contributed by atoms with Gasteiger partial charge in [-0.1, -0.05) is 48.5 Å². The van der Waals surface area contributed by atoms with E-state index in [0.717, 1.165) is 30.8 Å². The Hall–Kier alpha value is -2.13. The molecule has 0 radical (unpaired) electrons. The average molecular weight is 312 g/mol. The van der Waals surface area contributed by atoms with Crippen LogP contribution < -0.4 is 4.74 Å². The molecule has 0 spiro atoms. The fraction of sp³-hybridized carbons (Fsp3) is 0.350. The van der Waals surface area contributed by atoms with E-state index in [1.54, 1.807) is 0 Å². The quantitative estimate of drug-likeness (QED) is 0.834. The summed E-state index contributed by atoms with van der Waals surface area (Å²) < 4.78 is 12.3. The molecule has 122 valence electrons. The fourth-order valence-electron chi connectivity index (χ4n) is 2.83. The van der Waals surface area contributed by atoms with Crippen molar-refractivity contribution in [3.05, 3.63) is 65.7 Å². The minimum absolute atomic E-state index is 0.0346. The van der Waals surface area contributed by atoms with Crippen LogP contribution >= 0.6 is 0 Å². The number of ether oxygens (including phenoxy) is 2. The molecular weight excluding hydrogens is 288 g/mol. The molecular formula is C20H24O3. The van der Waals surface area contributed by atoms with E-state index in [9.17, 15) is 0 Å². The smallest absolute Gasteiger partial charge is 0.150 e. The Bertz CT molecular complexity index is 576. The van der Waals surface area contributed by atoms with Gasteiger partial charge in [0.15, 0.2) is 0 Å². The van der Waals surface area contributed by atoms with E-state index < -0.39 is 0 Å². The first-order valence-corrected chi connectivity index (χ1v) is 8.02. The minimum atomic E-state index is -0.0346. The molecule has 1 aliphatic rings. The van der Waals surface area contributed by atoms with Crippen molar-refractivity contribution in [3.63, 3.8) is 0 Å². The van der Waals surface area contributed by atoms with Gasteiger partial charge in [0.2, 0.25) is 0 Å². The summed E-state index contributed by atoms with van der Waals surface area (Å²) in [6, 6.07) is 18.6. The monoisotopic (exact) mass is 312 g/mol. The van der Waals surface area contributed by atoms with Crippen molar-refractivity contribution in [2.24, 2.45) is 0 Å². The van der Waals surface area contributed by atoms with Gasteiger partial charge in [0.1, 0.15) is 18.6 Å². The maximum Gasteiger partial charge on any atom is 0.150 e. The fourth-order valence-corrected chi connectivity index (χ4v) is 2.83. The third kappa shape index (κ3) is 4.67. The standard InChI is InChI=1S/C19H22O2.CH2O/c1-15-9-5-6-12-17(15)21-19(16-10-3-2-4-11-16)18-13-7-8-14-20-18;1-2/h2-6,9-12,18-19H,7-8,13-14H2,1H3;1H2. The van der Waals surface area contributed by atoms with Crippen molar-refractivity contribution < 1.29 is 14.3 Å². The van der Waals surface area contributed by atoms with Gasteiger partial charge in [0, 0.05) is 6.61 Å². The Morgan fingerprint density at radius 2 is 1.74 bits per heavy atom. The highest BCUT2D eigenvalue weighted by Gasteiger charge is 2.28. The van der Waals surface area contributed by atoms with Gasteiger partial charge >= 0.3 is 0 Å². The molecule has 0 saturated carbocycles. The van der Waals surface area contributed by atoms with Crippen LogP contribution in [0.4, 0.5) is 0 Å². The van der Waals surface area contributed by atoms with E-state index in [4.69, 9.17) is 14.3 Å². The second-order valence-corrected chi connectivity index (χ2v) is 5.62. The molecule has 0 aliphatic carbocycles. The summed E-state index contributed by atoms with van der Waals surface area (Å²) in [4.78, 5) is 8.00. The van der Waals surface area contributed by atoms with Gasteiger partial charge in [0.05, 0.1) is 6.10 Å². The molecule has 2 aromatic rings. The summed E-state index contributed by atoms with van der Waals surface area (Å²) in [5.74, 6) is 0.945. The van der Waals surface area contributed by atoms with Crippen LogP contribution in [0.2, 0.25) is 0 Å². The lowest BCUT2D eigenvalue weighted by atomic mass is 9.98. The summed E-state index contributed by atoms with van der Waals surface area (Å²) in [6.07, 6.45) is 3.53.